The van der Waals surface area contributed by atoms with E-state index in [0.29, 0.717) is 28.7 Å². The fraction of sp³-hybridized carbons (Fsp3) is 0.130. The number of hydrogen-bond donors (Lipinski definition) is 1. The van der Waals surface area contributed by atoms with Gasteiger partial charge in [0.25, 0.3) is 5.91 Å². The first-order valence-electron chi connectivity index (χ1n) is 9.70. The Bertz CT molecular complexity index is 1170. The fourth-order valence-electron chi connectivity index (χ4n) is 2.96. The third-order valence-corrected chi connectivity index (χ3v) is 4.68. The molecule has 0 aliphatic carbocycles. The van der Waals surface area contributed by atoms with Crippen molar-refractivity contribution < 1.29 is 9.53 Å². The average molecular weight is 414 g/mol. The van der Waals surface area contributed by atoms with E-state index < -0.39 is 0 Å². The maximum atomic E-state index is 12.4. The number of rotatable bonds is 6. The summed E-state index contributed by atoms with van der Waals surface area (Å²) in [7, 11) is 3.92. The molecule has 0 bridgehead atoms. The molecule has 2 heterocycles. The second-order valence-electron chi connectivity index (χ2n) is 7.10. The van der Waals surface area contributed by atoms with Gasteiger partial charge < -0.3 is 15.0 Å². The first kappa shape index (κ1) is 20.1. The van der Waals surface area contributed by atoms with Crippen LogP contribution < -0.4 is 15.0 Å². The van der Waals surface area contributed by atoms with Crippen molar-refractivity contribution in [2.24, 2.45) is 0 Å². The summed E-state index contributed by atoms with van der Waals surface area (Å²) < 4.78 is 7.58. The molecule has 0 unspecified atom stereocenters. The van der Waals surface area contributed by atoms with Gasteiger partial charge in [0, 0.05) is 49.5 Å². The second kappa shape index (κ2) is 8.66. The number of aryl methyl sites for hydroxylation is 1. The van der Waals surface area contributed by atoms with Gasteiger partial charge in [0.1, 0.15) is 11.6 Å². The lowest BCUT2D eigenvalue weighted by Gasteiger charge is -2.12. The number of nitrogens with one attached hydrogen (secondary N) is 1. The van der Waals surface area contributed by atoms with Crippen molar-refractivity contribution in [3.63, 3.8) is 0 Å². The molecule has 0 saturated carbocycles. The molecule has 0 aliphatic rings. The number of hydrogen-bond acceptors (Lipinski definition) is 6. The van der Waals surface area contributed by atoms with Gasteiger partial charge >= 0.3 is 0 Å². The number of aromatic nitrogens is 4. The lowest BCUT2D eigenvalue weighted by molar-refractivity contribution is 0.102. The first-order chi connectivity index (χ1) is 15.0. The third-order valence-electron chi connectivity index (χ3n) is 4.68. The lowest BCUT2D eigenvalue weighted by atomic mass is 10.2. The van der Waals surface area contributed by atoms with Gasteiger partial charge in [0.05, 0.1) is 0 Å². The largest absolute Gasteiger partial charge is 0.438 e. The zero-order valence-electron chi connectivity index (χ0n) is 17.5. The van der Waals surface area contributed by atoms with E-state index in [9.17, 15) is 4.79 Å². The summed E-state index contributed by atoms with van der Waals surface area (Å²) in [5.41, 5.74) is 2.30. The molecule has 4 rings (SSSR count). The Morgan fingerprint density at radius 1 is 0.968 bits per heavy atom. The minimum atomic E-state index is -0.171. The van der Waals surface area contributed by atoms with E-state index in [4.69, 9.17) is 4.74 Å². The van der Waals surface area contributed by atoms with E-state index >= 15 is 0 Å². The minimum Gasteiger partial charge on any atom is -0.438 e. The Morgan fingerprint density at radius 2 is 1.71 bits per heavy atom. The van der Waals surface area contributed by atoms with Crippen molar-refractivity contribution in [3.8, 4) is 17.4 Å². The molecule has 2 aromatic heterocycles. The molecule has 1 N–H and O–H groups in total. The quantitative estimate of drug-likeness (QED) is 0.512. The summed E-state index contributed by atoms with van der Waals surface area (Å²) in [5, 5.41) is 11.2. The summed E-state index contributed by atoms with van der Waals surface area (Å²) >= 11 is 0. The third kappa shape index (κ3) is 4.69. The van der Waals surface area contributed by atoms with Crippen molar-refractivity contribution in [1.29, 1.82) is 0 Å². The number of nitrogens with zero attached hydrogens (tertiary/aromatic N) is 5. The topological polar surface area (TPSA) is 85.2 Å². The molecule has 31 heavy (non-hydrogen) atoms. The Labute approximate surface area is 180 Å². The van der Waals surface area contributed by atoms with E-state index in [-0.39, 0.29) is 5.91 Å². The van der Waals surface area contributed by atoms with Crippen molar-refractivity contribution in [3.05, 3.63) is 84.4 Å². The highest BCUT2D eigenvalue weighted by Crippen LogP contribution is 2.22. The zero-order valence-corrected chi connectivity index (χ0v) is 17.5. The van der Waals surface area contributed by atoms with E-state index in [1.165, 1.54) is 0 Å². The predicted molar refractivity (Wildman–Crippen MR) is 119 cm³/mol. The Balaban J connectivity index is 1.38. The van der Waals surface area contributed by atoms with Gasteiger partial charge in [-0.05, 0) is 61.5 Å². The average Bonchev–Trinajstić information content (AvgIpc) is 3.21. The highest BCUT2D eigenvalue weighted by molar-refractivity contribution is 6.04. The molecule has 8 heteroatoms. The van der Waals surface area contributed by atoms with Gasteiger partial charge in [-0.25, -0.2) is 4.98 Å². The first-order valence-corrected chi connectivity index (χ1v) is 9.70. The van der Waals surface area contributed by atoms with E-state index in [2.05, 4.69) is 20.5 Å². The molecule has 0 fully saturated rings. The number of anilines is 2. The van der Waals surface area contributed by atoms with Crippen molar-refractivity contribution in [2.45, 2.75) is 6.92 Å². The number of carbonyl (C=O) groups is 1. The summed E-state index contributed by atoms with van der Waals surface area (Å²) in [5.74, 6) is 2.29. The normalized spacial score (nSPS) is 10.5. The van der Waals surface area contributed by atoms with Crippen LogP contribution in [0.15, 0.2) is 73.1 Å². The van der Waals surface area contributed by atoms with Crippen LogP contribution in [0.2, 0.25) is 0 Å². The van der Waals surface area contributed by atoms with Crippen LogP contribution in [0.5, 0.6) is 11.6 Å². The summed E-state index contributed by atoms with van der Waals surface area (Å²) in [4.78, 5) is 18.6. The van der Waals surface area contributed by atoms with E-state index in [1.54, 1.807) is 48.7 Å². The van der Waals surface area contributed by atoms with Crippen LogP contribution in [-0.2, 0) is 0 Å². The second-order valence-corrected chi connectivity index (χ2v) is 7.10. The van der Waals surface area contributed by atoms with Crippen molar-refractivity contribution >= 4 is 17.3 Å². The molecular formula is C23H22N6O2. The SMILES string of the molecule is Cc1nccn1-c1ccc(Oc2ccc(NC(=O)c3ccc(N(C)C)cc3)cc2)nn1. The lowest BCUT2D eigenvalue weighted by Crippen LogP contribution is -2.13. The van der Waals surface area contributed by atoms with Gasteiger partial charge in [0.15, 0.2) is 5.82 Å². The van der Waals surface area contributed by atoms with E-state index in [1.807, 2.05) is 54.9 Å². The number of carbonyl (C=O) groups excluding carboxylic acids is 1. The highest BCUT2D eigenvalue weighted by atomic mass is 16.5. The Hall–Kier alpha value is -4.20. The van der Waals surface area contributed by atoms with Crippen LogP contribution in [0.25, 0.3) is 5.82 Å². The number of imidazole rings is 1. The maximum absolute atomic E-state index is 12.4. The standard InChI is InChI=1S/C23H22N6O2/c1-16-24-14-15-29(16)21-12-13-22(27-26-21)31-20-10-6-18(7-11-20)25-23(30)17-4-8-19(9-5-17)28(2)3/h4-15H,1-3H3,(H,25,30). The van der Waals surface area contributed by atoms with Crippen LogP contribution in [-0.4, -0.2) is 39.8 Å². The van der Waals surface area contributed by atoms with Crippen LogP contribution in [0, 0.1) is 6.92 Å². The van der Waals surface area contributed by atoms with Gasteiger partial charge in [-0.2, -0.15) is 0 Å². The zero-order chi connectivity index (χ0) is 21.8. The van der Waals surface area contributed by atoms with Crippen molar-refractivity contribution in [1.82, 2.24) is 19.7 Å². The molecule has 1 amide bonds. The number of amides is 1. The van der Waals surface area contributed by atoms with Crippen LogP contribution in [0.3, 0.4) is 0 Å². The molecule has 8 nitrogen and oxygen atoms in total. The van der Waals surface area contributed by atoms with Gasteiger partial charge in [-0.15, -0.1) is 10.2 Å². The van der Waals surface area contributed by atoms with E-state index in [0.717, 1.165) is 11.5 Å². The number of benzene rings is 2. The molecule has 0 saturated heterocycles. The van der Waals surface area contributed by atoms with Gasteiger partial charge in [-0.1, -0.05) is 0 Å². The molecule has 156 valence electrons. The summed E-state index contributed by atoms with van der Waals surface area (Å²) in [6, 6.07) is 18.1. The molecule has 0 aliphatic heterocycles. The van der Waals surface area contributed by atoms with Gasteiger partial charge in [-0.3, -0.25) is 9.36 Å². The van der Waals surface area contributed by atoms with Crippen LogP contribution in [0.1, 0.15) is 16.2 Å². The number of ether oxygens (including phenoxy) is 1. The molecule has 2 aromatic carbocycles. The molecule has 0 atom stereocenters. The van der Waals surface area contributed by atoms with Crippen LogP contribution in [0.4, 0.5) is 11.4 Å². The van der Waals surface area contributed by atoms with Crippen LogP contribution >= 0.6 is 0 Å². The van der Waals surface area contributed by atoms with Crippen molar-refractivity contribution in [2.75, 3.05) is 24.3 Å². The Kier molecular flexibility index (Phi) is 5.61. The predicted octanol–water partition coefficient (Wildman–Crippen LogP) is 4.08. The smallest absolute Gasteiger partial charge is 0.255 e. The summed E-state index contributed by atoms with van der Waals surface area (Å²) in [6.07, 6.45) is 3.53. The summed E-state index contributed by atoms with van der Waals surface area (Å²) in [6.45, 7) is 1.89. The molecule has 0 radical (unpaired) electrons. The monoisotopic (exact) mass is 414 g/mol. The Morgan fingerprint density at radius 3 is 2.29 bits per heavy atom. The molecular weight excluding hydrogens is 392 g/mol. The van der Waals surface area contributed by atoms with Gasteiger partial charge in [0.2, 0.25) is 5.88 Å². The highest BCUT2D eigenvalue weighted by Gasteiger charge is 2.08. The molecule has 0 spiro atoms. The fourth-order valence-corrected chi connectivity index (χ4v) is 2.96. The minimum absolute atomic E-state index is 0.171. The maximum Gasteiger partial charge on any atom is 0.255 e. The molecule has 4 aromatic rings.